The number of carbonyl (C=O) groups is 1. The van der Waals surface area contributed by atoms with Gasteiger partial charge in [0.2, 0.25) is 5.91 Å². The molecule has 1 aromatic rings. The second kappa shape index (κ2) is 3.99. The third-order valence-corrected chi connectivity index (χ3v) is 4.14. The summed E-state index contributed by atoms with van der Waals surface area (Å²) in [6.07, 6.45) is 1.33. The Bertz CT molecular complexity index is 500. The van der Waals surface area contributed by atoms with Gasteiger partial charge in [-0.3, -0.25) is 4.79 Å². The summed E-state index contributed by atoms with van der Waals surface area (Å²) >= 11 is 0. The molecule has 3 N–H and O–H groups in total. The van der Waals surface area contributed by atoms with Crippen LogP contribution >= 0.6 is 0 Å². The van der Waals surface area contributed by atoms with Crippen LogP contribution in [0.2, 0.25) is 0 Å². The molecular formula is C14H19N3O. The fraction of sp³-hybridized carbons (Fsp3) is 0.500. The number of anilines is 2. The lowest BCUT2D eigenvalue weighted by molar-refractivity contribution is -0.116. The topological polar surface area (TPSA) is 58.4 Å². The van der Waals surface area contributed by atoms with Crippen LogP contribution in [0.3, 0.4) is 0 Å². The minimum Gasteiger partial charge on any atom is -0.374 e. The summed E-state index contributed by atoms with van der Waals surface area (Å²) in [5.74, 6) is 1.57. The van der Waals surface area contributed by atoms with Crippen molar-refractivity contribution in [1.82, 2.24) is 0 Å². The number of fused-ring (bicyclic) bond motifs is 1. The first-order valence-electron chi connectivity index (χ1n) is 6.48. The highest BCUT2D eigenvalue weighted by molar-refractivity contribution is 6.02. The molecule has 1 heterocycles. The minimum atomic E-state index is -0.511. The Morgan fingerprint density at radius 3 is 2.89 bits per heavy atom. The van der Waals surface area contributed by atoms with E-state index in [9.17, 15) is 4.79 Å². The average Bonchev–Trinajstić information content (AvgIpc) is 2.95. The highest BCUT2D eigenvalue weighted by atomic mass is 16.2. The van der Waals surface area contributed by atoms with E-state index in [-0.39, 0.29) is 5.91 Å². The van der Waals surface area contributed by atoms with Crippen LogP contribution in [0.5, 0.6) is 0 Å². The SMILES string of the molecule is CC1CC1CN(C)c1ccc2c(c1)NC(=O)C2N. The molecule has 1 saturated carbocycles. The fourth-order valence-electron chi connectivity index (χ4n) is 2.62. The monoisotopic (exact) mass is 245 g/mol. The third-order valence-electron chi connectivity index (χ3n) is 4.14. The molecule has 3 unspecified atom stereocenters. The second-order valence-corrected chi connectivity index (χ2v) is 5.59. The Kier molecular flexibility index (Phi) is 2.55. The number of rotatable bonds is 3. The van der Waals surface area contributed by atoms with Crippen LogP contribution in [-0.4, -0.2) is 19.5 Å². The number of carbonyl (C=O) groups excluding carboxylic acids is 1. The van der Waals surface area contributed by atoms with E-state index in [0.29, 0.717) is 0 Å². The molecule has 4 nitrogen and oxygen atoms in total. The quantitative estimate of drug-likeness (QED) is 0.852. The van der Waals surface area contributed by atoms with Gasteiger partial charge in [-0.1, -0.05) is 13.0 Å². The first-order chi connectivity index (χ1) is 8.56. The Labute approximate surface area is 107 Å². The van der Waals surface area contributed by atoms with Crippen molar-refractivity contribution in [2.24, 2.45) is 17.6 Å². The van der Waals surface area contributed by atoms with Crippen molar-refractivity contribution in [3.8, 4) is 0 Å². The number of benzene rings is 1. The van der Waals surface area contributed by atoms with Gasteiger partial charge in [-0.25, -0.2) is 0 Å². The van der Waals surface area contributed by atoms with E-state index >= 15 is 0 Å². The van der Waals surface area contributed by atoms with Gasteiger partial charge in [-0.05, 0) is 30.4 Å². The van der Waals surface area contributed by atoms with E-state index in [1.807, 2.05) is 18.2 Å². The third kappa shape index (κ3) is 1.86. The van der Waals surface area contributed by atoms with Gasteiger partial charge in [0.25, 0.3) is 0 Å². The molecule has 0 bridgehead atoms. The van der Waals surface area contributed by atoms with Crippen molar-refractivity contribution in [1.29, 1.82) is 0 Å². The van der Waals surface area contributed by atoms with E-state index in [4.69, 9.17) is 5.73 Å². The smallest absolute Gasteiger partial charge is 0.245 e. The average molecular weight is 245 g/mol. The van der Waals surface area contributed by atoms with E-state index in [0.717, 1.165) is 35.3 Å². The van der Waals surface area contributed by atoms with Gasteiger partial charge >= 0.3 is 0 Å². The maximum Gasteiger partial charge on any atom is 0.245 e. The van der Waals surface area contributed by atoms with Crippen LogP contribution in [0, 0.1) is 11.8 Å². The Morgan fingerprint density at radius 2 is 2.22 bits per heavy atom. The first kappa shape index (κ1) is 11.5. The van der Waals surface area contributed by atoms with Crippen LogP contribution in [0.1, 0.15) is 24.9 Å². The zero-order chi connectivity index (χ0) is 12.9. The first-order valence-corrected chi connectivity index (χ1v) is 6.48. The largest absolute Gasteiger partial charge is 0.374 e. The van der Waals surface area contributed by atoms with Gasteiger partial charge in [-0.2, -0.15) is 0 Å². The van der Waals surface area contributed by atoms with Crippen molar-refractivity contribution >= 4 is 17.3 Å². The molecule has 1 fully saturated rings. The summed E-state index contributed by atoms with van der Waals surface area (Å²) in [6, 6.07) is 5.52. The minimum absolute atomic E-state index is 0.111. The van der Waals surface area contributed by atoms with Crippen LogP contribution < -0.4 is 16.0 Å². The molecule has 18 heavy (non-hydrogen) atoms. The maximum absolute atomic E-state index is 11.5. The van der Waals surface area contributed by atoms with Crippen LogP contribution in [0.15, 0.2) is 18.2 Å². The van der Waals surface area contributed by atoms with E-state index in [2.05, 4.69) is 24.2 Å². The van der Waals surface area contributed by atoms with Crippen LogP contribution in [0.25, 0.3) is 0 Å². The number of hydrogen-bond acceptors (Lipinski definition) is 3. The van der Waals surface area contributed by atoms with Crippen molar-refractivity contribution in [2.75, 3.05) is 23.8 Å². The van der Waals surface area contributed by atoms with E-state index in [1.165, 1.54) is 6.42 Å². The van der Waals surface area contributed by atoms with Crippen LogP contribution in [-0.2, 0) is 4.79 Å². The molecule has 1 aliphatic carbocycles. The molecule has 1 aliphatic heterocycles. The lowest BCUT2D eigenvalue weighted by Crippen LogP contribution is -2.20. The summed E-state index contributed by atoms with van der Waals surface area (Å²) in [5, 5.41) is 2.83. The summed E-state index contributed by atoms with van der Waals surface area (Å²) in [7, 11) is 2.10. The summed E-state index contributed by atoms with van der Waals surface area (Å²) in [4.78, 5) is 13.7. The summed E-state index contributed by atoms with van der Waals surface area (Å²) in [5.41, 5.74) is 8.70. The zero-order valence-corrected chi connectivity index (χ0v) is 10.8. The van der Waals surface area contributed by atoms with Crippen molar-refractivity contribution in [3.05, 3.63) is 23.8 Å². The van der Waals surface area contributed by atoms with Gasteiger partial charge in [0, 0.05) is 30.5 Å². The lowest BCUT2D eigenvalue weighted by atomic mass is 10.1. The number of nitrogens with one attached hydrogen (secondary N) is 1. The van der Waals surface area contributed by atoms with Gasteiger partial charge < -0.3 is 16.0 Å². The maximum atomic E-state index is 11.5. The predicted molar refractivity (Wildman–Crippen MR) is 72.5 cm³/mol. The molecule has 0 aromatic heterocycles. The Hall–Kier alpha value is -1.55. The Balaban J connectivity index is 1.78. The molecular weight excluding hydrogens is 226 g/mol. The molecule has 0 saturated heterocycles. The summed E-state index contributed by atoms with van der Waals surface area (Å²) in [6.45, 7) is 3.38. The second-order valence-electron chi connectivity index (χ2n) is 5.59. The molecule has 1 amide bonds. The van der Waals surface area contributed by atoms with Gasteiger partial charge in [-0.15, -0.1) is 0 Å². The molecule has 3 atom stereocenters. The molecule has 4 heteroatoms. The number of hydrogen-bond donors (Lipinski definition) is 2. The number of amides is 1. The highest BCUT2D eigenvalue weighted by Gasteiger charge is 2.33. The van der Waals surface area contributed by atoms with Gasteiger partial charge in [0.15, 0.2) is 0 Å². The normalized spacial score (nSPS) is 28.8. The molecule has 2 aliphatic rings. The lowest BCUT2D eigenvalue weighted by Gasteiger charge is -2.20. The molecule has 0 spiro atoms. The van der Waals surface area contributed by atoms with E-state index in [1.54, 1.807) is 0 Å². The van der Waals surface area contributed by atoms with Crippen molar-refractivity contribution < 1.29 is 4.79 Å². The standard InChI is InChI=1S/C14H19N3O/c1-8-5-9(8)7-17(2)10-3-4-11-12(6-10)16-14(18)13(11)15/h3-4,6,8-9,13H,5,7,15H2,1-2H3,(H,16,18). The van der Waals surface area contributed by atoms with Crippen molar-refractivity contribution in [2.45, 2.75) is 19.4 Å². The predicted octanol–water partition coefficient (Wildman–Crippen LogP) is 1.73. The molecule has 0 radical (unpaired) electrons. The van der Waals surface area contributed by atoms with Gasteiger partial charge in [0.05, 0.1) is 0 Å². The number of nitrogens with zero attached hydrogens (tertiary/aromatic N) is 1. The highest BCUT2D eigenvalue weighted by Crippen LogP contribution is 2.39. The molecule has 96 valence electrons. The molecule has 3 rings (SSSR count). The van der Waals surface area contributed by atoms with E-state index < -0.39 is 6.04 Å². The summed E-state index contributed by atoms with van der Waals surface area (Å²) < 4.78 is 0. The fourth-order valence-corrected chi connectivity index (χ4v) is 2.62. The molecule has 1 aromatic carbocycles. The Morgan fingerprint density at radius 1 is 1.50 bits per heavy atom. The van der Waals surface area contributed by atoms with Gasteiger partial charge in [0.1, 0.15) is 6.04 Å². The van der Waals surface area contributed by atoms with Crippen molar-refractivity contribution in [3.63, 3.8) is 0 Å². The van der Waals surface area contributed by atoms with Crippen LogP contribution in [0.4, 0.5) is 11.4 Å². The number of nitrogens with two attached hydrogens (primary N) is 1. The zero-order valence-electron chi connectivity index (χ0n) is 10.8.